The van der Waals surface area contributed by atoms with E-state index in [-0.39, 0.29) is 23.3 Å². The molecule has 0 spiro atoms. The van der Waals surface area contributed by atoms with E-state index in [1.54, 1.807) is 16.7 Å². The van der Waals surface area contributed by atoms with Crippen molar-refractivity contribution in [3.8, 4) is 11.4 Å². The lowest BCUT2D eigenvalue weighted by Gasteiger charge is -2.14. The Morgan fingerprint density at radius 3 is 2.96 bits per heavy atom. The first-order valence-corrected chi connectivity index (χ1v) is 8.12. The van der Waals surface area contributed by atoms with Crippen molar-refractivity contribution in [1.82, 2.24) is 9.55 Å². The molecule has 26 heavy (non-hydrogen) atoms. The standard InChI is InChI=1S/C19H17N3O4/c1-26-9-13-11(17(24)8-23)6-16-18-10(7-22(16)19(13)25)5-12-14(20)3-2-4-15(12)21-18/h2-6,8,17,24H,7,9,20H2,1H3. The quantitative estimate of drug-likeness (QED) is 0.425. The van der Waals surface area contributed by atoms with Crippen LogP contribution in [0, 0.1) is 0 Å². The Balaban J connectivity index is 2.00. The number of aliphatic hydroxyl groups excluding tert-OH is 1. The number of pyridine rings is 2. The molecule has 2 aromatic heterocycles. The third kappa shape index (κ3) is 2.33. The number of hydrogen-bond donors (Lipinski definition) is 2. The van der Waals surface area contributed by atoms with Crippen LogP contribution >= 0.6 is 0 Å². The summed E-state index contributed by atoms with van der Waals surface area (Å²) in [6.07, 6.45) is -0.992. The molecule has 0 aliphatic carbocycles. The first-order valence-electron chi connectivity index (χ1n) is 8.12. The van der Waals surface area contributed by atoms with Crippen molar-refractivity contribution in [3.05, 3.63) is 57.4 Å². The average molecular weight is 351 g/mol. The van der Waals surface area contributed by atoms with E-state index >= 15 is 0 Å². The molecule has 132 valence electrons. The van der Waals surface area contributed by atoms with Gasteiger partial charge in [0.25, 0.3) is 5.56 Å². The van der Waals surface area contributed by atoms with Gasteiger partial charge in [-0.05, 0) is 24.3 Å². The van der Waals surface area contributed by atoms with Gasteiger partial charge in [0, 0.05) is 34.9 Å². The van der Waals surface area contributed by atoms with Crippen LogP contribution < -0.4 is 11.3 Å². The van der Waals surface area contributed by atoms with Gasteiger partial charge in [-0.15, -0.1) is 0 Å². The first-order chi connectivity index (χ1) is 12.5. The van der Waals surface area contributed by atoms with Crippen LogP contribution in [0.15, 0.2) is 35.1 Å². The Bertz CT molecular complexity index is 1100. The van der Waals surface area contributed by atoms with Gasteiger partial charge in [-0.1, -0.05) is 6.07 Å². The molecule has 3 N–H and O–H groups in total. The zero-order chi connectivity index (χ0) is 18.4. The molecule has 0 fully saturated rings. The number of carbonyl (C=O) groups excluding carboxylic acids is 1. The van der Waals surface area contributed by atoms with Crippen LogP contribution in [0.3, 0.4) is 0 Å². The first kappa shape index (κ1) is 16.4. The maximum Gasteiger partial charge on any atom is 0.257 e. The van der Waals surface area contributed by atoms with Gasteiger partial charge in [-0.25, -0.2) is 4.98 Å². The molecule has 1 atom stereocenters. The molecule has 1 aliphatic rings. The summed E-state index contributed by atoms with van der Waals surface area (Å²) in [5, 5.41) is 10.9. The highest BCUT2D eigenvalue weighted by molar-refractivity contribution is 5.93. The zero-order valence-electron chi connectivity index (χ0n) is 14.1. The highest BCUT2D eigenvalue weighted by Gasteiger charge is 2.27. The Hall–Kier alpha value is -3.03. The van der Waals surface area contributed by atoms with Gasteiger partial charge in [0.1, 0.15) is 6.10 Å². The van der Waals surface area contributed by atoms with Crippen molar-refractivity contribution in [2.75, 3.05) is 12.8 Å². The van der Waals surface area contributed by atoms with Gasteiger partial charge >= 0.3 is 0 Å². The molecule has 3 heterocycles. The van der Waals surface area contributed by atoms with Crippen molar-refractivity contribution < 1.29 is 14.6 Å². The number of ether oxygens (including phenoxy) is 1. The summed E-state index contributed by atoms with van der Waals surface area (Å²) in [6, 6.07) is 9.06. The Kier molecular flexibility index (Phi) is 3.82. The predicted octanol–water partition coefficient (Wildman–Crippen LogP) is 1.39. The number of aromatic nitrogens is 2. The summed E-state index contributed by atoms with van der Waals surface area (Å²) >= 11 is 0. The van der Waals surface area contributed by atoms with Crippen LogP contribution in [0.25, 0.3) is 22.3 Å². The summed E-state index contributed by atoms with van der Waals surface area (Å²) in [5.41, 5.74) is 9.71. The largest absolute Gasteiger partial charge is 0.398 e. The van der Waals surface area contributed by atoms with E-state index in [9.17, 15) is 14.7 Å². The van der Waals surface area contributed by atoms with Crippen LogP contribution in [0.4, 0.5) is 5.69 Å². The maximum atomic E-state index is 12.9. The molecule has 0 saturated carbocycles. The summed E-state index contributed by atoms with van der Waals surface area (Å²) in [7, 11) is 1.46. The second-order valence-corrected chi connectivity index (χ2v) is 6.28. The van der Waals surface area contributed by atoms with E-state index in [1.165, 1.54) is 7.11 Å². The van der Waals surface area contributed by atoms with E-state index in [0.717, 1.165) is 16.5 Å². The predicted molar refractivity (Wildman–Crippen MR) is 96.7 cm³/mol. The van der Waals surface area contributed by atoms with Gasteiger partial charge in [0.05, 0.1) is 30.1 Å². The highest BCUT2D eigenvalue weighted by atomic mass is 16.5. The normalized spacial score (nSPS) is 13.5. The number of nitrogens with zero attached hydrogens (tertiary/aromatic N) is 2. The minimum Gasteiger partial charge on any atom is -0.398 e. The zero-order valence-corrected chi connectivity index (χ0v) is 14.1. The molecule has 0 radical (unpaired) electrons. The van der Waals surface area contributed by atoms with Gasteiger partial charge < -0.3 is 24.9 Å². The Morgan fingerprint density at radius 2 is 2.23 bits per heavy atom. The fourth-order valence-electron chi connectivity index (χ4n) is 3.46. The number of aliphatic hydroxyl groups is 1. The molecule has 3 aromatic rings. The third-order valence-electron chi connectivity index (χ3n) is 4.71. The number of hydrogen-bond acceptors (Lipinski definition) is 6. The second kappa shape index (κ2) is 6.05. The molecule has 7 nitrogen and oxygen atoms in total. The number of carbonyl (C=O) groups is 1. The van der Waals surface area contributed by atoms with Crippen LogP contribution in [-0.2, 0) is 22.7 Å². The monoisotopic (exact) mass is 351 g/mol. The minimum absolute atomic E-state index is 0.0119. The van der Waals surface area contributed by atoms with E-state index < -0.39 is 6.10 Å². The summed E-state index contributed by atoms with van der Waals surface area (Å²) < 4.78 is 6.67. The lowest BCUT2D eigenvalue weighted by Crippen LogP contribution is -2.26. The van der Waals surface area contributed by atoms with Crippen molar-refractivity contribution in [3.63, 3.8) is 0 Å². The lowest BCUT2D eigenvalue weighted by atomic mass is 10.0. The number of nitrogen functional groups attached to an aromatic ring is 1. The fraction of sp³-hybridized carbons (Fsp3) is 0.211. The molecule has 1 aromatic carbocycles. The molecule has 0 amide bonds. The van der Waals surface area contributed by atoms with Gasteiger partial charge in [-0.3, -0.25) is 4.79 Å². The highest BCUT2D eigenvalue weighted by Crippen LogP contribution is 2.34. The molecule has 0 bridgehead atoms. The summed E-state index contributed by atoms with van der Waals surface area (Å²) in [4.78, 5) is 28.7. The van der Waals surface area contributed by atoms with Gasteiger partial charge in [0.2, 0.25) is 0 Å². The average Bonchev–Trinajstić information content (AvgIpc) is 3.00. The number of methoxy groups -OCH3 is 1. The van der Waals surface area contributed by atoms with Crippen LogP contribution in [-0.4, -0.2) is 28.1 Å². The van der Waals surface area contributed by atoms with E-state index in [4.69, 9.17) is 10.5 Å². The van der Waals surface area contributed by atoms with Gasteiger partial charge in [0.15, 0.2) is 6.29 Å². The Morgan fingerprint density at radius 1 is 1.42 bits per heavy atom. The second-order valence-electron chi connectivity index (χ2n) is 6.28. The number of benzene rings is 1. The lowest BCUT2D eigenvalue weighted by molar-refractivity contribution is -0.115. The van der Waals surface area contributed by atoms with Crippen molar-refractivity contribution >= 4 is 22.9 Å². The fourth-order valence-corrected chi connectivity index (χ4v) is 3.46. The number of fused-ring (bicyclic) bond motifs is 4. The molecule has 0 saturated heterocycles. The van der Waals surface area contributed by atoms with Crippen LogP contribution in [0.2, 0.25) is 0 Å². The smallest absolute Gasteiger partial charge is 0.257 e. The number of aldehydes is 1. The van der Waals surface area contributed by atoms with Crippen LogP contribution in [0.5, 0.6) is 0 Å². The number of nitrogens with two attached hydrogens (primary N) is 1. The Labute approximate surface area is 148 Å². The summed E-state index contributed by atoms with van der Waals surface area (Å²) in [5.74, 6) is 0. The number of rotatable bonds is 4. The molecule has 4 rings (SSSR count). The third-order valence-corrected chi connectivity index (χ3v) is 4.71. The number of anilines is 1. The SMILES string of the molecule is COCc1c(C(O)C=O)cc2n(c1=O)Cc1cc3c(N)cccc3nc1-2. The van der Waals surface area contributed by atoms with E-state index in [1.807, 2.05) is 18.2 Å². The van der Waals surface area contributed by atoms with Gasteiger partial charge in [-0.2, -0.15) is 0 Å². The van der Waals surface area contributed by atoms with Crippen molar-refractivity contribution in [2.24, 2.45) is 0 Å². The van der Waals surface area contributed by atoms with E-state index in [0.29, 0.717) is 29.9 Å². The molecule has 1 aliphatic heterocycles. The summed E-state index contributed by atoms with van der Waals surface area (Å²) in [6.45, 7) is 0.368. The molecular formula is C19H17N3O4. The molecule has 7 heteroatoms. The van der Waals surface area contributed by atoms with Crippen molar-refractivity contribution in [1.29, 1.82) is 0 Å². The maximum absolute atomic E-state index is 12.9. The van der Waals surface area contributed by atoms with Crippen molar-refractivity contribution in [2.45, 2.75) is 19.3 Å². The minimum atomic E-state index is -1.39. The molecular weight excluding hydrogens is 334 g/mol. The topological polar surface area (TPSA) is 107 Å². The molecule has 1 unspecified atom stereocenters. The van der Waals surface area contributed by atoms with Crippen LogP contribution in [0.1, 0.15) is 22.8 Å². The van der Waals surface area contributed by atoms with E-state index in [2.05, 4.69) is 4.98 Å².